The van der Waals surface area contributed by atoms with Crippen LogP contribution < -0.4 is 4.48 Å². The lowest BCUT2D eigenvalue weighted by Crippen LogP contribution is -2.46. The highest BCUT2D eigenvalue weighted by Crippen LogP contribution is 2.36. The van der Waals surface area contributed by atoms with E-state index >= 15 is 0 Å². The van der Waals surface area contributed by atoms with E-state index in [0.29, 0.717) is 0 Å². The molecule has 1 nitrogen and oxygen atoms in total. The van der Waals surface area contributed by atoms with Crippen LogP contribution in [0.5, 0.6) is 0 Å². The lowest BCUT2D eigenvalue weighted by atomic mass is 10.0. The minimum atomic E-state index is 1.02. The molecule has 0 saturated carbocycles. The summed E-state index contributed by atoms with van der Waals surface area (Å²) < 4.78 is 1.02. The molecule has 0 N–H and O–H groups in total. The van der Waals surface area contributed by atoms with Crippen molar-refractivity contribution >= 4 is 11.4 Å². The van der Waals surface area contributed by atoms with Gasteiger partial charge in [-0.1, -0.05) is 127 Å². The number of hydrogen-bond acceptors (Lipinski definition) is 0. The molecule has 2 aromatic carbocycles. The molecule has 33 heavy (non-hydrogen) atoms. The highest BCUT2D eigenvalue weighted by Gasteiger charge is 2.32. The molecule has 0 unspecified atom stereocenters. The number of quaternary nitrogens is 1. The standard InChI is InChI=1S/C32H52N/c1-3-5-7-9-11-13-15-23-29-33(31-25-19-17-20-26-31,32-27-21-18-22-28-32)30-24-16-14-12-10-8-6-4-2/h17-22,25-28H,3-16,23-24,29-30H2,1-2H3/q+1. The Balaban J connectivity index is 1.99. The Morgan fingerprint density at radius 2 is 0.697 bits per heavy atom. The average Bonchev–Trinajstić information content (AvgIpc) is 2.87. The Morgan fingerprint density at radius 1 is 0.394 bits per heavy atom. The quantitative estimate of drug-likeness (QED) is 0.139. The summed E-state index contributed by atoms with van der Waals surface area (Å²) in [6.07, 6.45) is 22.1. The first kappa shape index (κ1) is 27.6. The molecule has 0 aromatic heterocycles. The third kappa shape index (κ3) is 10.5. The van der Waals surface area contributed by atoms with Crippen LogP contribution in [0.1, 0.15) is 117 Å². The van der Waals surface area contributed by atoms with E-state index < -0.39 is 0 Å². The highest BCUT2D eigenvalue weighted by atomic mass is 15.4. The summed E-state index contributed by atoms with van der Waals surface area (Å²) in [5.74, 6) is 0. The van der Waals surface area contributed by atoms with E-state index in [0.717, 1.165) is 4.48 Å². The van der Waals surface area contributed by atoms with Gasteiger partial charge in [0.2, 0.25) is 0 Å². The Morgan fingerprint density at radius 3 is 1.03 bits per heavy atom. The topological polar surface area (TPSA) is 0 Å². The zero-order valence-corrected chi connectivity index (χ0v) is 21.9. The molecule has 2 aromatic rings. The fourth-order valence-corrected chi connectivity index (χ4v) is 5.24. The van der Waals surface area contributed by atoms with E-state index in [2.05, 4.69) is 74.5 Å². The average molecular weight is 451 g/mol. The van der Waals surface area contributed by atoms with Gasteiger partial charge in [-0.2, -0.15) is 0 Å². The van der Waals surface area contributed by atoms with E-state index in [1.54, 1.807) is 0 Å². The first-order chi connectivity index (χ1) is 16.3. The molecule has 0 radical (unpaired) electrons. The normalized spacial score (nSPS) is 11.7. The largest absolute Gasteiger partial charge is 0.259 e. The molecule has 0 aliphatic carbocycles. The molecule has 0 fully saturated rings. The fourth-order valence-electron chi connectivity index (χ4n) is 5.24. The highest BCUT2D eigenvalue weighted by molar-refractivity contribution is 5.58. The second-order valence-corrected chi connectivity index (χ2v) is 10.0. The molecule has 184 valence electrons. The van der Waals surface area contributed by atoms with Crippen LogP contribution in [-0.2, 0) is 0 Å². The number of unbranched alkanes of at least 4 members (excludes halogenated alkanes) is 14. The van der Waals surface area contributed by atoms with Crippen LogP contribution in [0.15, 0.2) is 60.7 Å². The minimum absolute atomic E-state index is 1.02. The SMILES string of the molecule is CCCCCCCCCC[N+](CCCCCCCCCC)(c1ccccc1)c1ccccc1. The van der Waals surface area contributed by atoms with Crippen molar-refractivity contribution in [3.05, 3.63) is 60.7 Å². The van der Waals surface area contributed by atoms with E-state index in [1.807, 2.05) is 0 Å². The first-order valence-electron chi connectivity index (χ1n) is 14.3. The van der Waals surface area contributed by atoms with Gasteiger partial charge in [0.15, 0.2) is 0 Å². The molecule has 0 heterocycles. The van der Waals surface area contributed by atoms with Crippen LogP contribution in [0.25, 0.3) is 0 Å². The predicted octanol–water partition coefficient (Wildman–Crippen LogP) is 10.6. The van der Waals surface area contributed by atoms with Crippen molar-refractivity contribution < 1.29 is 0 Å². The Hall–Kier alpha value is -1.60. The van der Waals surface area contributed by atoms with Crippen molar-refractivity contribution in [3.8, 4) is 0 Å². The zero-order valence-electron chi connectivity index (χ0n) is 21.9. The van der Waals surface area contributed by atoms with Crippen LogP contribution in [0, 0.1) is 0 Å². The second-order valence-electron chi connectivity index (χ2n) is 10.0. The molecular formula is C32H52N+. The maximum atomic E-state index is 2.36. The maximum Gasteiger partial charge on any atom is 0.137 e. The zero-order chi connectivity index (χ0) is 23.5. The summed E-state index contributed by atoms with van der Waals surface area (Å²) >= 11 is 0. The molecule has 0 amide bonds. The minimum Gasteiger partial charge on any atom is -0.259 e. The molecule has 0 spiro atoms. The van der Waals surface area contributed by atoms with Gasteiger partial charge in [-0.25, -0.2) is 0 Å². The molecule has 2 rings (SSSR count). The van der Waals surface area contributed by atoms with Crippen molar-refractivity contribution in [2.45, 2.75) is 117 Å². The number of hydrogen-bond donors (Lipinski definition) is 0. The lowest BCUT2D eigenvalue weighted by Gasteiger charge is -2.38. The van der Waals surface area contributed by atoms with Crippen LogP contribution in [0.3, 0.4) is 0 Å². The van der Waals surface area contributed by atoms with E-state index in [9.17, 15) is 0 Å². The van der Waals surface area contributed by atoms with Gasteiger partial charge in [0.25, 0.3) is 0 Å². The summed E-state index contributed by atoms with van der Waals surface area (Å²) in [7, 11) is 0. The molecule has 0 aliphatic rings. The molecule has 0 atom stereocenters. The van der Waals surface area contributed by atoms with Crippen molar-refractivity contribution in [1.82, 2.24) is 4.48 Å². The monoisotopic (exact) mass is 450 g/mol. The number of benzene rings is 2. The molecule has 1 heteroatoms. The second kappa shape index (κ2) is 17.8. The van der Waals surface area contributed by atoms with Gasteiger partial charge in [-0.3, -0.25) is 4.48 Å². The summed E-state index contributed by atoms with van der Waals surface area (Å²) in [5.41, 5.74) is 2.93. The molecular weight excluding hydrogens is 398 g/mol. The van der Waals surface area contributed by atoms with Crippen LogP contribution in [0.2, 0.25) is 0 Å². The van der Waals surface area contributed by atoms with Gasteiger partial charge in [0.05, 0.1) is 13.1 Å². The van der Waals surface area contributed by atoms with Crippen molar-refractivity contribution in [3.63, 3.8) is 0 Å². The fraction of sp³-hybridized carbons (Fsp3) is 0.625. The van der Waals surface area contributed by atoms with E-state index in [-0.39, 0.29) is 0 Å². The summed E-state index contributed by atoms with van der Waals surface area (Å²) in [6, 6.07) is 22.7. The first-order valence-corrected chi connectivity index (χ1v) is 14.3. The summed E-state index contributed by atoms with van der Waals surface area (Å²) in [6.45, 7) is 7.05. The van der Waals surface area contributed by atoms with Gasteiger partial charge < -0.3 is 0 Å². The van der Waals surface area contributed by atoms with Gasteiger partial charge in [0, 0.05) is 0 Å². The third-order valence-corrected chi connectivity index (χ3v) is 7.29. The van der Waals surface area contributed by atoms with Gasteiger partial charge in [-0.15, -0.1) is 0 Å². The summed E-state index contributed by atoms with van der Waals surface area (Å²) in [4.78, 5) is 0. The molecule has 0 bridgehead atoms. The molecule has 0 aliphatic heterocycles. The predicted molar refractivity (Wildman–Crippen MR) is 149 cm³/mol. The van der Waals surface area contributed by atoms with Gasteiger partial charge in [0.1, 0.15) is 11.4 Å². The Bertz CT molecular complexity index is 617. The van der Waals surface area contributed by atoms with Crippen LogP contribution in [-0.4, -0.2) is 13.1 Å². The van der Waals surface area contributed by atoms with E-state index in [4.69, 9.17) is 0 Å². The number of nitrogens with zero attached hydrogens (tertiary/aromatic N) is 1. The lowest BCUT2D eigenvalue weighted by molar-refractivity contribution is 0.354. The van der Waals surface area contributed by atoms with Crippen molar-refractivity contribution in [2.24, 2.45) is 0 Å². The summed E-state index contributed by atoms with van der Waals surface area (Å²) in [5, 5.41) is 0. The van der Waals surface area contributed by atoms with Crippen molar-refractivity contribution in [1.29, 1.82) is 0 Å². The van der Waals surface area contributed by atoms with Crippen molar-refractivity contribution in [2.75, 3.05) is 13.1 Å². The van der Waals surface area contributed by atoms with E-state index in [1.165, 1.54) is 127 Å². The van der Waals surface area contributed by atoms with Gasteiger partial charge >= 0.3 is 0 Å². The number of rotatable bonds is 20. The van der Waals surface area contributed by atoms with Gasteiger partial charge in [-0.05, 0) is 49.9 Å². The maximum absolute atomic E-state index is 2.36. The Kier molecular flexibility index (Phi) is 14.9. The smallest absolute Gasteiger partial charge is 0.137 e. The third-order valence-electron chi connectivity index (χ3n) is 7.29. The Labute approximate surface area is 206 Å². The van der Waals surface area contributed by atoms with Crippen LogP contribution >= 0.6 is 0 Å². The molecule has 0 saturated heterocycles. The number of para-hydroxylation sites is 2. The van der Waals surface area contributed by atoms with Crippen LogP contribution in [0.4, 0.5) is 11.4 Å².